The molecule has 0 spiro atoms. The maximum Gasteiger partial charge on any atom is 0.451 e. The third-order valence-corrected chi connectivity index (χ3v) is 3.91. The fourth-order valence-electron chi connectivity index (χ4n) is 2.62. The highest BCUT2D eigenvalue weighted by Crippen LogP contribution is 2.45. The Morgan fingerprint density at radius 3 is 2.19 bits per heavy atom. The van der Waals surface area contributed by atoms with Crippen molar-refractivity contribution in [2.45, 2.75) is 44.8 Å². The summed E-state index contributed by atoms with van der Waals surface area (Å²) in [4.78, 5) is 7.20. The number of hydrogen-bond donors (Lipinski definition) is 2. The molecule has 0 bridgehead atoms. The minimum absolute atomic E-state index is 0.215. The van der Waals surface area contributed by atoms with Crippen LogP contribution in [0.2, 0.25) is 0 Å². The Labute approximate surface area is 121 Å². The molecule has 0 radical (unpaired) electrons. The zero-order chi connectivity index (χ0) is 15.0. The predicted molar refractivity (Wildman–Crippen MR) is 74.1 cm³/mol. The van der Waals surface area contributed by atoms with E-state index in [1.807, 2.05) is 6.92 Å². The number of rotatable bonds is 6. The molecule has 1 aromatic rings. The van der Waals surface area contributed by atoms with Crippen LogP contribution in [0.4, 0.5) is 24.8 Å². The number of aromatic nitrogens is 2. The number of nitrogens with one attached hydrogen (secondary N) is 2. The van der Waals surface area contributed by atoms with Gasteiger partial charge in [0.15, 0.2) is 0 Å². The Morgan fingerprint density at radius 1 is 1.14 bits per heavy atom. The molecular formula is C14H19F3N4. The lowest BCUT2D eigenvalue weighted by molar-refractivity contribution is -0.144. The van der Waals surface area contributed by atoms with Gasteiger partial charge >= 0.3 is 6.18 Å². The maximum atomic E-state index is 12.9. The van der Waals surface area contributed by atoms with Gasteiger partial charge in [0.2, 0.25) is 5.82 Å². The van der Waals surface area contributed by atoms with Gasteiger partial charge in [0, 0.05) is 18.7 Å². The first-order chi connectivity index (χ1) is 9.97. The van der Waals surface area contributed by atoms with E-state index in [1.54, 1.807) is 6.07 Å². The number of hydrogen-bond acceptors (Lipinski definition) is 4. The summed E-state index contributed by atoms with van der Waals surface area (Å²) in [6.07, 6.45) is 0.101. The molecule has 2 fully saturated rings. The number of nitrogens with zero attached hydrogens (tertiary/aromatic N) is 2. The van der Waals surface area contributed by atoms with E-state index in [0.717, 1.165) is 25.7 Å². The van der Waals surface area contributed by atoms with Crippen LogP contribution in [0.15, 0.2) is 6.07 Å². The second kappa shape index (κ2) is 5.35. The van der Waals surface area contributed by atoms with Crippen LogP contribution in [-0.4, -0.2) is 22.6 Å². The van der Waals surface area contributed by atoms with Crippen molar-refractivity contribution in [2.75, 3.05) is 17.2 Å². The molecule has 21 heavy (non-hydrogen) atoms. The highest BCUT2D eigenvalue weighted by Gasteiger charge is 2.42. The molecule has 0 saturated heterocycles. The van der Waals surface area contributed by atoms with Gasteiger partial charge in [-0.2, -0.15) is 13.2 Å². The second-order valence-corrected chi connectivity index (χ2v) is 5.84. The van der Waals surface area contributed by atoms with Crippen LogP contribution in [0.5, 0.6) is 0 Å². The van der Waals surface area contributed by atoms with Crippen LogP contribution in [0.3, 0.4) is 0 Å². The minimum atomic E-state index is -4.53. The summed E-state index contributed by atoms with van der Waals surface area (Å²) in [5.41, 5.74) is 0. The molecule has 0 unspecified atom stereocenters. The largest absolute Gasteiger partial charge is 0.451 e. The van der Waals surface area contributed by atoms with E-state index in [4.69, 9.17) is 0 Å². The Balaban J connectivity index is 1.83. The average molecular weight is 300 g/mol. The van der Waals surface area contributed by atoms with Crippen LogP contribution < -0.4 is 10.6 Å². The Hall–Kier alpha value is -1.53. The second-order valence-electron chi connectivity index (χ2n) is 5.84. The SMILES string of the molecule is CCNc1cc(NC(C2CC2)C2CC2)nc(C(F)(F)F)n1. The number of halogens is 3. The van der Waals surface area contributed by atoms with Gasteiger partial charge in [0.1, 0.15) is 11.6 Å². The predicted octanol–water partition coefficient (Wildman–Crippen LogP) is 3.53. The van der Waals surface area contributed by atoms with Crippen molar-refractivity contribution in [1.82, 2.24) is 9.97 Å². The highest BCUT2D eigenvalue weighted by atomic mass is 19.4. The van der Waals surface area contributed by atoms with E-state index in [-0.39, 0.29) is 17.7 Å². The molecule has 1 aromatic heterocycles. The summed E-state index contributed by atoms with van der Waals surface area (Å²) in [6.45, 7) is 2.34. The summed E-state index contributed by atoms with van der Waals surface area (Å²) in [5.74, 6) is 0.576. The van der Waals surface area contributed by atoms with E-state index in [9.17, 15) is 13.2 Å². The molecule has 0 aliphatic heterocycles. The zero-order valence-corrected chi connectivity index (χ0v) is 11.9. The van der Waals surface area contributed by atoms with Gasteiger partial charge in [0.25, 0.3) is 0 Å². The molecule has 0 amide bonds. The van der Waals surface area contributed by atoms with Gasteiger partial charge in [-0.1, -0.05) is 0 Å². The van der Waals surface area contributed by atoms with E-state index in [1.165, 1.54) is 0 Å². The topological polar surface area (TPSA) is 49.8 Å². The monoisotopic (exact) mass is 300 g/mol. The maximum absolute atomic E-state index is 12.9. The molecule has 7 heteroatoms. The summed E-state index contributed by atoms with van der Waals surface area (Å²) < 4.78 is 38.7. The van der Waals surface area contributed by atoms with Crippen molar-refractivity contribution < 1.29 is 13.2 Å². The molecule has 2 aliphatic rings. The third-order valence-electron chi connectivity index (χ3n) is 3.91. The molecule has 0 atom stereocenters. The first-order valence-corrected chi connectivity index (χ1v) is 7.44. The quantitative estimate of drug-likeness (QED) is 0.844. The minimum Gasteiger partial charge on any atom is -0.370 e. The van der Waals surface area contributed by atoms with Crippen LogP contribution in [0.25, 0.3) is 0 Å². The molecule has 3 rings (SSSR count). The van der Waals surface area contributed by atoms with Crippen LogP contribution in [-0.2, 0) is 6.18 Å². The Bertz CT molecular complexity index is 497. The van der Waals surface area contributed by atoms with Crippen LogP contribution >= 0.6 is 0 Å². The van der Waals surface area contributed by atoms with Gasteiger partial charge in [-0.05, 0) is 44.4 Å². The van der Waals surface area contributed by atoms with Gasteiger partial charge in [0.05, 0.1) is 0 Å². The Kier molecular flexibility index (Phi) is 3.67. The molecule has 116 valence electrons. The van der Waals surface area contributed by atoms with E-state index in [2.05, 4.69) is 20.6 Å². The van der Waals surface area contributed by atoms with Crippen LogP contribution in [0.1, 0.15) is 38.4 Å². The fourth-order valence-corrected chi connectivity index (χ4v) is 2.62. The molecular weight excluding hydrogens is 281 g/mol. The standard InChI is InChI=1S/C14H19F3N4/c1-2-18-10-7-11(21-13(20-10)14(15,16)17)19-12(8-3-4-8)9-5-6-9/h7-9,12H,2-6H2,1H3,(H2,18,19,20,21). The summed E-state index contributed by atoms with van der Waals surface area (Å²) >= 11 is 0. The normalized spacial score (nSPS) is 18.9. The lowest BCUT2D eigenvalue weighted by Crippen LogP contribution is -2.26. The fraction of sp³-hybridized carbons (Fsp3) is 0.714. The smallest absolute Gasteiger partial charge is 0.370 e. The average Bonchev–Trinajstić information content (AvgIpc) is 3.26. The van der Waals surface area contributed by atoms with Crippen molar-refractivity contribution >= 4 is 11.6 Å². The zero-order valence-electron chi connectivity index (χ0n) is 11.9. The number of anilines is 2. The molecule has 4 nitrogen and oxygen atoms in total. The van der Waals surface area contributed by atoms with Crippen molar-refractivity contribution in [1.29, 1.82) is 0 Å². The molecule has 0 aromatic carbocycles. The first-order valence-electron chi connectivity index (χ1n) is 7.44. The molecule has 1 heterocycles. The molecule has 2 aliphatic carbocycles. The van der Waals surface area contributed by atoms with Crippen molar-refractivity contribution in [3.8, 4) is 0 Å². The van der Waals surface area contributed by atoms with E-state index in [0.29, 0.717) is 18.4 Å². The molecule has 2 N–H and O–H groups in total. The third kappa shape index (κ3) is 3.57. The lowest BCUT2D eigenvalue weighted by Gasteiger charge is -2.19. The summed E-state index contributed by atoms with van der Waals surface area (Å²) in [7, 11) is 0. The van der Waals surface area contributed by atoms with Gasteiger partial charge < -0.3 is 10.6 Å². The van der Waals surface area contributed by atoms with Crippen molar-refractivity contribution in [2.24, 2.45) is 11.8 Å². The highest BCUT2D eigenvalue weighted by molar-refractivity contribution is 5.48. The van der Waals surface area contributed by atoms with Gasteiger partial charge in [-0.15, -0.1) is 0 Å². The van der Waals surface area contributed by atoms with Crippen molar-refractivity contribution in [3.05, 3.63) is 11.9 Å². The summed E-state index contributed by atoms with van der Waals surface area (Å²) in [5, 5.41) is 6.06. The lowest BCUT2D eigenvalue weighted by atomic mass is 10.1. The number of alkyl halides is 3. The van der Waals surface area contributed by atoms with Gasteiger partial charge in [-0.25, -0.2) is 9.97 Å². The first kappa shape index (κ1) is 14.4. The van der Waals surface area contributed by atoms with E-state index < -0.39 is 12.0 Å². The van der Waals surface area contributed by atoms with Crippen LogP contribution in [0, 0.1) is 11.8 Å². The van der Waals surface area contributed by atoms with Crippen molar-refractivity contribution in [3.63, 3.8) is 0 Å². The Morgan fingerprint density at radius 2 is 1.71 bits per heavy atom. The van der Waals surface area contributed by atoms with Gasteiger partial charge in [-0.3, -0.25) is 0 Å². The summed E-state index contributed by atoms with van der Waals surface area (Å²) in [6, 6.07) is 1.83. The van der Waals surface area contributed by atoms with E-state index >= 15 is 0 Å². The molecule has 2 saturated carbocycles.